The summed E-state index contributed by atoms with van der Waals surface area (Å²) in [4.78, 5) is 13.4. The van der Waals surface area contributed by atoms with Gasteiger partial charge in [-0.25, -0.2) is 0 Å². The Kier molecular flexibility index (Phi) is 5.37. The van der Waals surface area contributed by atoms with Crippen LogP contribution >= 0.6 is 0 Å². The molecule has 4 aromatic carbocycles. The molecule has 0 aliphatic carbocycles. The molecule has 0 atom stereocenters. The van der Waals surface area contributed by atoms with Crippen LogP contribution in [0.5, 0.6) is 0 Å². The summed E-state index contributed by atoms with van der Waals surface area (Å²) in [7, 11) is 0. The van der Waals surface area contributed by atoms with Crippen molar-refractivity contribution >= 4 is 38.5 Å². The van der Waals surface area contributed by atoms with Gasteiger partial charge in [-0.1, -0.05) is 84.9 Å². The number of allylic oxidation sites excluding steroid dienone is 4. The van der Waals surface area contributed by atoms with Crippen LogP contribution in [0.2, 0.25) is 0 Å². The summed E-state index contributed by atoms with van der Waals surface area (Å²) >= 11 is 0. The fraction of sp³-hybridized carbons (Fsp3) is 0.138. The normalized spacial score (nSPS) is 13.2. The van der Waals surface area contributed by atoms with Crippen molar-refractivity contribution in [2.45, 2.75) is 27.7 Å². The molecule has 0 spiro atoms. The average molecular weight is 391 g/mol. The molecular weight excluding hydrogens is 364 g/mol. The van der Waals surface area contributed by atoms with E-state index in [0.29, 0.717) is 0 Å². The molecule has 1 nitrogen and oxygen atoms in total. The van der Waals surface area contributed by atoms with Crippen molar-refractivity contribution in [1.29, 1.82) is 0 Å². The van der Waals surface area contributed by atoms with E-state index >= 15 is 0 Å². The summed E-state index contributed by atoms with van der Waals surface area (Å²) < 4.78 is 0. The summed E-state index contributed by atoms with van der Waals surface area (Å²) in [6.07, 6.45) is 0. The molecule has 0 aliphatic rings. The van der Waals surface area contributed by atoms with Gasteiger partial charge in [-0.3, -0.25) is 4.79 Å². The molecule has 4 rings (SSSR count). The number of hydrogen-bond donors (Lipinski definition) is 0. The smallest absolute Gasteiger partial charge is 0.184 e. The van der Waals surface area contributed by atoms with Crippen LogP contribution in [0.1, 0.15) is 38.8 Å². The molecule has 4 aromatic rings. The molecule has 0 aliphatic heterocycles. The number of hydrogen-bond acceptors (Lipinski definition) is 1. The van der Waals surface area contributed by atoms with E-state index in [1.54, 1.807) is 0 Å². The first kappa shape index (κ1) is 19.8. The van der Waals surface area contributed by atoms with E-state index in [4.69, 9.17) is 0 Å². The van der Waals surface area contributed by atoms with Gasteiger partial charge in [0.05, 0.1) is 0 Å². The zero-order valence-corrected chi connectivity index (χ0v) is 18.0. The van der Waals surface area contributed by atoms with Gasteiger partial charge >= 0.3 is 0 Å². The standard InChI is InChI=1S/C29H26O/c1-19(25-17-9-13-23-11-5-7-15-27(23)25)21(3)29(30)22(4)20(2)26-18-10-14-24-12-6-8-16-28(24)26/h5-18H,1-4H3. The van der Waals surface area contributed by atoms with Crippen LogP contribution in [0.4, 0.5) is 0 Å². The van der Waals surface area contributed by atoms with Crippen molar-refractivity contribution in [3.05, 3.63) is 107 Å². The topological polar surface area (TPSA) is 17.1 Å². The highest BCUT2D eigenvalue weighted by molar-refractivity contribution is 6.17. The summed E-state index contributed by atoms with van der Waals surface area (Å²) in [5.74, 6) is 0.103. The minimum absolute atomic E-state index is 0.103. The number of rotatable bonds is 4. The van der Waals surface area contributed by atoms with Crippen LogP contribution in [0, 0.1) is 0 Å². The lowest BCUT2D eigenvalue weighted by Gasteiger charge is -2.14. The third-order valence-electron chi connectivity index (χ3n) is 6.19. The van der Waals surface area contributed by atoms with E-state index in [1.165, 1.54) is 21.5 Å². The fourth-order valence-electron chi connectivity index (χ4n) is 4.13. The lowest BCUT2D eigenvalue weighted by Crippen LogP contribution is -2.06. The van der Waals surface area contributed by atoms with E-state index in [0.717, 1.165) is 33.4 Å². The predicted octanol–water partition coefficient (Wildman–Crippen LogP) is 7.85. The largest absolute Gasteiger partial charge is 0.289 e. The molecule has 148 valence electrons. The molecule has 0 fully saturated rings. The SMILES string of the molecule is CC(C(=O)C(C)=C(C)c1cccc2ccccc12)=C(C)c1cccc2ccccc12. The monoisotopic (exact) mass is 390 g/mol. The molecule has 0 radical (unpaired) electrons. The number of Topliss-reactive ketones (excluding diaryl/α,β-unsaturated/α-hetero) is 1. The fourth-order valence-corrected chi connectivity index (χ4v) is 4.13. The van der Waals surface area contributed by atoms with E-state index in [2.05, 4.69) is 74.5 Å². The van der Waals surface area contributed by atoms with Crippen molar-refractivity contribution in [3.63, 3.8) is 0 Å². The molecule has 30 heavy (non-hydrogen) atoms. The Hall–Kier alpha value is -3.45. The second kappa shape index (κ2) is 8.12. The first-order valence-electron chi connectivity index (χ1n) is 10.3. The Morgan fingerprint density at radius 1 is 0.500 bits per heavy atom. The van der Waals surface area contributed by atoms with E-state index < -0.39 is 0 Å². The van der Waals surface area contributed by atoms with Crippen LogP contribution in [-0.2, 0) is 4.79 Å². The van der Waals surface area contributed by atoms with Crippen LogP contribution < -0.4 is 0 Å². The van der Waals surface area contributed by atoms with Gasteiger partial charge in [0.25, 0.3) is 0 Å². The maximum atomic E-state index is 13.4. The van der Waals surface area contributed by atoms with Gasteiger partial charge < -0.3 is 0 Å². The van der Waals surface area contributed by atoms with Gasteiger partial charge in [-0.15, -0.1) is 0 Å². The third-order valence-corrected chi connectivity index (χ3v) is 6.19. The Bertz CT molecular complexity index is 1220. The molecule has 0 aromatic heterocycles. The number of carbonyl (C=O) groups is 1. The summed E-state index contributed by atoms with van der Waals surface area (Å²) in [5, 5.41) is 4.73. The molecule has 0 unspecified atom stereocenters. The molecule has 0 bridgehead atoms. The highest BCUT2D eigenvalue weighted by atomic mass is 16.1. The van der Waals surface area contributed by atoms with Gasteiger partial charge in [-0.2, -0.15) is 0 Å². The molecule has 0 saturated heterocycles. The highest BCUT2D eigenvalue weighted by Gasteiger charge is 2.16. The molecule has 0 N–H and O–H groups in total. The first-order valence-corrected chi connectivity index (χ1v) is 10.3. The second-order valence-corrected chi connectivity index (χ2v) is 7.88. The van der Waals surface area contributed by atoms with Gasteiger partial charge in [0.1, 0.15) is 0 Å². The minimum Gasteiger partial charge on any atom is -0.289 e. The van der Waals surface area contributed by atoms with Gasteiger partial charge in [0.15, 0.2) is 5.78 Å². The van der Waals surface area contributed by atoms with Gasteiger partial charge in [0, 0.05) is 11.1 Å². The van der Waals surface area contributed by atoms with Gasteiger partial charge in [0.2, 0.25) is 0 Å². The van der Waals surface area contributed by atoms with E-state index in [-0.39, 0.29) is 5.78 Å². The summed E-state index contributed by atoms with van der Waals surface area (Å²) in [6, 6.07) is 29.2. The second-order valence-electron chi connectivity index (χ2n) is 7.88. The lowest BCUT2D eigenvalue weighted by molar-refractivity contribution is -0.112. The Morgan fingerprint density at radius 3 is 1.30 bits per heavy atom. The molecule has 1 heteroatoms. The molecular formula is C29H26O. The lowest BCUT2D eigenvalue weighted by atomic mass is 9.89. The Morgan fingerprint density at radius 2 is 0.867 bits per heavy atom. The van der Waals surface area contributed by atoms with Gasteiger partial charge in [-0.05, 0) is 71.5 Å². The highest BCUT2D eigenvalue weighted by Crippen LogP contribution is 2.31. The maximum absolute atomic E-state index is 13.4. The Labute approximate surface area is 178 Å². The van der Waals surface area contributed by atoms with Crippen molar-refractivity contribution in [2.75, 3.05) is 0 Å². The maximum Gasteiger partial charge on any atom is 0.184 e. The zero-order chi connectivity index (χ0) is 21.3. The van der Waals surface area contributed by atoms with Crippen molar-refractivity contribution in [1.82, 2.24) is 0 Å². The molecule has 0 saturated carbocycles. The number of carbonyl (C=O) groups excluding carboxylic acids is 1. The van der Waals surface area contributed by atoms with Crippen LogP contribution in [0.3, 0.4) is 0 Å². The molecule has 0 heterocycles. The predicted molar refractivity (Wildman–Crippen MR) is 129 cm³/mol. The van der Waals surface area contributed by atoms with Crippen molar-refractivity contribution in [3.8, 4) is 0 Å². The zero-order valence-electron chi connectivity index (χ0n) is 18.0. The quantitative estimate of drug-likeness (QED) is 0.324. The van der Waals surface area contributed by atoms with Crippen LogP contribution in [-0.4, -0.2) is 5.78 Å². The van der Waals surface area contributed by atoms with Crippen LogP contribution in [0.25, 0.3) is 32.7 Å². The molecule has 0 amide bonds. The average Bonchev–Trinajstić information content (AvgIpc) is 2.81. The van der Waals surface area contributed by atoms with Crippen molar-refractivity contribution < 1.29 is 4.79 Å². The number of fused-ring (bicyclic) bond motifs is 2. The summed E-state index contributed by atoms with van der Waals surface area (Å²) in [6.45, 7) is 7.99. The first-order chi connectivity index (χ1) is 14.5. The number of benzene rings is 4. The van der Waals surface area contributed by atoms with Crippen LogP contribution in [0.15, 0.2) is 96.1 Å². The third kappa shape index (κ3) is 3.48. The summed E-state index contributed by atoms with van der Waals surface area (Å²) in [5.41, 5.74) is 5.89. The minimum atomic E-state index is 0.103. The number of ketones is 1. The Balaban J connectivity index is 1.80. The van der Waals surface area contributed by atoms with E-state index in [1.807, 2.05) is 38.1 Å². The van der Waals surface area contributed by atoms with Crippen molar-refractivity contribution in [2.24, 2.45) is 0 Å². The van der Waals surface area contributed by atoms with E-state index in [9.17, 15) is 4.79 Å².